The number of aliphatic hydroxyl groups excluding tert-OH is 1. The first-order chi connectivity index (χ1) is 15.9. The van der Waals surface area contributed by atoms with Gasteiger partial charge in [0.1, 0.15) is 23.5 Å². The number of aromatic carboxylic acids is 1. The second-order valence-corrected chi connectivity index (χ2v) is 9.69. The molecule has 6 heteroatoms. The minimum atomic E-state index is -0.967. The summed E-state index contributed by atoms with van der Waals surface area (Å²) in [6.45, 7) is 0. The van der Waals surface area contributed by atoms with Crippen molar-refractivity contribution >= 4 is 5.97 Å². The van der Waals surface area contributed by atoms with Crippen molar-refractivity contribution in [3.8, 4) is 5.75 Å². The Hall–Kier alpha value is -2.73. The van der Waals surface area contributed by atoms with Gasteiger partial charge in [0.25, 0.3) is 0 Å². The Bertz CT molecular complexity index is 1090. The third kappa shape index (κ3) is 3.95. The highest BCUT2D eigenvalue weighted by molar-refractivity contribution is 5.88. The molecule has 0 aromatic heterocycles. The lowest BCUT2D eigenvalue weighted by molar-refractivity contribution is 0.0592. The van der Waals surface area contributed by atoms with E-state index in [0.29, 0.717) is 24.2 Å². The number of halogens is 2. The number of allylic oxidation sites excluding steroid dienone is 1. The van der Waals surface area contributed by atoms with Crippen LogP contribution in [0, 0.1) is 23.5 Å². The van der Waals surface area contributed by atoms with Crippen LogP contribution in [0.4, 0.5) is 8.78 Å². The number of carbonyl (C=O) groups is 1. The molecule has 0 radical (unpaired) electrons. The third-order valence-corrected chi connectivity index (χ3v) is 7.97. The summed E-state index contributed by atoms with van der Waals surface area (Å²) >= 11 is 0. The zero-order valence-corrected chi connectivity index (χ0v) is 18.3. The lowest BCUT2D eigenvalue weighted by atomic mass is 9.60. The van der Waals surface area contributed by atoms with E-state index in [4.69, 9.17) is 4.74 Å². The molecule has 2 aliphatic carbocycles. The van der Waals surface area contributed by atoms with Crippen molar-refractivity contribution in [3.05, 3.63) is 76.9 Å². The normalized spacial score (nSPS) is 26.6. The van der Waals surface area contributed by atoms with Gasteiger partial charge in [-0.1, -0.05) is 30.7 Å². The second-order valence-electron chi connectivity index (χ2n) is 9.69. The van der Waals surface area contributed by atoms with Gasteiger partial charge >= 0.3 is 5.97 Å². The average Bonchev–Trinajstić information content (AvgIpc) is 3.03. The van der Waals surface area contributed by atoms with E-state index in [-0.39, 0.29) is 23.5 Å². The largest absolute Gasteiger partial charge is 0.490 e. The van der Waals surface area contributed by atoms with Gasteiger partial charge in [0.15, 0.2) is 0 Å². The maximum Gasteiger partial charge on any atom is 0.335 e. The Balaban J connectivity index is 1.32. The van der Waals surface area contributed by atoms with Gasteiger partial charge < -0.3 is 14.9 Å². The first-order valence-corrected chi connectivity index (χ1v) is 11.7. The van der Waals surface area contributed by atoms with E-state index >= 15 is 0 Å². The van der Waals surface area contributed by atoms with Crippen LogP contribution in [0.1, 0.15) is 60.0 Å². The number of rotatable bonds is 5. The maximum absolute atomic E-state index is 14.5. The van der Waals surface area contributed by atoms with E-state index in [2.05, 4.69) is 6.08 Å². The first kappa shape index (κ1) is 22.1. The fourth-order valence-corrected chi connectivity index (χ4v) is 5.94. The molecule has 0 spiro atoms. The monoisotopic (exact) mass is 454 g/mol. The number of aryl methyl sites for hydroxylation is 1. The first-order valence-electron chi connectivity index (χ1n) is 11.7. The average molecular weight is 455 g/mol. The summed E-state index contributed by atoms with van der Waals surface area (Å²) in [6.07, 6.45) is 8.79. The zero-order valence-electron chi connectivity index (χ0n) is 18.3. The quantitative estimate of drug-likeness (QED) is 0.592. The van der Waals surface area contributed by atoms with E-state index in [9.17, 15) is 23.8 Å². The molecule has 2 fully saturated rings. The van der Waals surface area contributed by atoms with E-state index in [0.717, 1.165) is 43.7 Å². The Morgan fingerprint density at radius 2 is 1.94 bits per heavy atom. The highest BCUT2D eigenvalue weighted by atomic mass is 19.1. The van der Waals surface area contributed by atoms with Gasteiger partial charge in [0.05, 0.1) is 11.7 Å². The van der Waals surface area contributed by atoms with Crippen molar-refractivity contribution in [3.63, 3.8) is 0 Å². The van der Waals surface area contributed by atoms with Crippen molar-refractivity contribution in [1.29, 1.82) is 0 Å². The van der Waals surface area contributed by atoms with Crippen LogP contribution in [0.15, 0.2) is 48.6 Å². The van der Waals surface area contributed by atoms with Gasteiger partial charge in [-0.25, -0.2) is 13.6 Å². The van der Waals surface area contributed by atoms with Crippen LogP contribution in [0.5, 0.6) is 5.75 Å². The molecule has 1 unspecified atom stereocenters. The van der Waals surface area contributed by atoms with Crippen molar-refractivity contribution in [2.24, 2.45) is 11.8 Å². The molecular formula is C27H28F2O4. The van der Waals surface area contributed by atoms with E-state index in [1.165, 1.54) is 12.1 Å². The predicted octanol–water partition coefficient (Wildman–Crippen LogP) is 5.42. The van der Waals surface area contributed by atoms with E-state index in [1.54, 1.807) is 18.2 Å². The number of carboxylic acid groups (broad SMARTS) is 1. The van der Waals surface area contributed by atoms with Crippen LogP contribution in [-0.2, 0) is 11.8 Å². The SMILES string of the molecule is O=C(O)c1ccc2c(c1)O[C@H]1CC[C@H](/C=C/C(O)C3(c4ccc(F)cc4F)CCC3)[C@H]1CC2. The molecule has 4 nitrogen and oxygen atoms in total. The van der Waals surface area contributed by atoms with Crippen molar-refractivity contribution < 1.29 is 28.5 Å². The molecule has 3 aliphatic rings. The number of carboxylic acids is 1. The molecule has 5 rings (SSSR count). The summed E-state index contributed by atoms with van der Waals surface area (Å²) in [6, 6.07) is 8.69. The molecule has 0 amide bonds. The summed E-state index contributed by atoms with van der Waals surface area (Å²) in [5, 5.41) is 20.4. The molecule has 1 aliphatic heterocycles. The number of hydrogen-bond donors (Lipinski definition) is 2. The summed E-state index contributed by atoms with van der Waals surface area (Å²) in [5.41, 5.74) is 0.940. The van der Waals surface area contributed by atoms with Crippen molar-refractivity contribution in [2.45, 2.75) is 62.6 Å². The Kier molecular flexibility index (Phi) is 5.73. The van der Waals surface area contributed by atoms with Crippen LogP contribution in [-0.4, -0.2) is 28.4 Å². The Labute approximate surface area is 191 Å². The number of fused-ring (bicyclic) bond motifs is 2. The lowest BCUT2D eigenvalue weighted by Gasteiger charge is -2.45. The molecule has 174 valence electrons. The summed E-state index contributed by atoms with van der Waals surface area (Å²) in [7, 11) is 0. The third-order valence-electron chi connectivity index (χ3n) is 7.97. The molecule has 33 heavy (non-hydrogen) atoms. The van der Waals surface area contributed by atoms with Crippen LogP contribution in [0.2, 0.25) is 0 Å². The van der Waals surface area contributed by atoms with Gasteiger partial charge in [0, 0.05) is 17.4 Å². The molecular weight excluding hydrogens is 426 g/mol. The van der Waals surface area contributed by atoms with Crippen LogP contribution < -0.4 is 4.74 Å². The Morgan fingerprint density at radius 3 is 2.64 bits per heavy atom. The number of ether oxygens (including phenoxy) is 1. The fraction of sp³-hybridized carbons (Fsp3) is 0.444. The molecule has 2 aromatic carbocycles. The van der Waals surface area contributed by atoms with Crippen molar-refractivity contribution in [2.75, 3.05) is 0 Å². The van der Waals surface area contributed by atoms with Gasteiger partial charge in [-0.15, -0.1) is 0 Å². The van der Waals surface area contributed by atoms with Gasteiger partial charge in [-0.05, 0) is 73.8 Å². The maximum atomic E-state index is 14.5. The fourth-order valence-electron chi connectivity index (χ4n) is 5.94. The second kappa shape index (κ2) is 8.56. The molecule has 2 aromatic rings. The van der Waals surface area contributed by atoms with Crippen LogP contribution in [0.3, 0.4) is 0 Å². The highest BCUT2D eigenvalue weighted by Crippen LogP contribution is 2.48. The standard InChI is InChI=1S/C27H28F2O4/c28-19-7-9-21(22(29)15-19)27(12-1-13-27)25(30)11-6-16-5-10-23-20(16)8-4-17-2-3-18(26(31)32)14-24(17)33-23/h2-3,6-7,9,11,14-16,20,23,25,30H,1,4-5,8,10,12-13H2,(H,31,32)/b11-6+/t16-,20-,23+,25?/m1/s1. The van der Waals surface area contributed by atoms with Gasteiger partial charge in [-0.3, -0.25) is 0 Å². The topological polar surface area (TPSA) is 66.8 Å². The van der Waals surface area contributed by atoms with E-state index in [1.807, 2.05) is 6.07 Å². The summed E-state index contributed by atoms with van der Waals surface area (Å²) in [4.78, 5) is 11.3. The van der Waals surface area contributed by atoms with Gasteiger partial charge in [-0.2, -0.15) is 0 Å². The van der Waals surface area contributed by atoms with Gasteiger partial charge in [0.2, 0.25) is 0 Å². The van der Waals surface area contributed by atoms with Crippen molar-refractivity contribution in [1.82, 2.24) is 0 Å². The van der Waals surface area contributed by atoms with E-state index < -0.39 is 29.1 Å². The zero-order chi connectivity index (χ0) is 23.2. The minimum Gasteiger partial charge on any atom is -0.490 e. The van der Waals surface area contributed by atoms with Crippen LogP contribution >= 0.6 is 0 Å². The smallest absolute Gasteiger partial charge is 0.335 e. The summed E-state index contributed by atoms with van der Waals surface area (Å²) in [5.74, 6) is -1.02. The lowest BCUT2D eigenvalue weighted by Crippen LogP contribution is -2.45. The van der Waals surface area contributed by atoms with Crippen LogP contribution in [0.25, 0.3) is 0 Å². The number of hydrogen-bond acceptors (Lipinski definition) is 3. The molecule has 1 heterocycles. The molecule has 0 bridgehead atoms. The highest BCUT2D eigenvalue weighted by Gasteiger charge is 2.46. The summed E-state index contributed by atoms with van der Waals surface area (Å²) < 4.78 is 34.2. The minimum absolute atomic E-state index is 0.00861. The molecule has 2 N–H and O–H groups in total. The molecule has 0 saturated heterocycles. The number of benzene rings is 2. The Morgan fingerprint density at radius 1 is 1.12 bits per heavy atom. The predicted molar refractivity (Wildman–Crippen MR) is 119 cm³/mol. The number of aliphatic hydroxyl groups is 1. The molecule has 4 atom stereocenters. The molecule has 2 saturated carbocycles.